The Hall–Kier alpha value is -2.25. The van der Waals surface area contributed by atoms with Gasteiger partial charge in [0.15, 0.2) is 0 Å². The highest BCUT2D eigenvalue weighted by Crippen LogP contribution is 2.29. The minimum Gasteiger partial charge on any atom is -0.492 e. The van der Waals surface area contributed by atoms with Crippen molar-refractivity contribution in [3.8, 4) is 11.5 Å². The molecule has 1 N–H and O–H groups in total. The lowest BCUT2D eigenvalue weighted by Gasteiger charge is -2.17. The summed E-state index contributed by atoms with van der Waals surface area (Å²) < 4.78 is 37.3. The Morgan fingerprint density at radius 1 is 1.04 bits per heavy atom. The molecule has 6 nitrogen and oxygen atoms in total. The van der Waals surface area contributed by atoms with E-state index in [2.05, 4.69) is 5.32 Å². The number of nitrogens with one attached hydrogen (secondary N) is 1. The molecule has 0 aliphatic heterocycles. The van der Waals surface area contributed by atoms with Crippen molar-refractivity contribution in [3.63, 3.8) is 0 Å². The van der Waals surface area contributed by atoms with Crippen molar-refractivity contribution in [2.45, 2.75) is 18.7 Å². The Balaban J connectivity index is 2.04. The molecule has 0 aliphatic carbocycles. The average molecular weight is 378 g/mol. The van der Waals surface area contributed by atoms with E-state index in [1.54, 1.807) is 18.2 Å². The van der Waals surface area contributed by atoms with E-state index >= 15 is 0 Å². The Morgan fingerprint density at radius 3 is 2.35 bits per heavy atom. The second-order valence-electron chi connectivity index (χ2n) is 5.97. The highest BCUT2D eigenvalue weighted by Gasteiger charge is 2.22. The maximum atomic E-state index is 12.5. The molecule has 0 bridgehead atoms. The van der Waals surface area contributed by atoms with E-state index in [4.69, 9.17) is 9.47 Å². The molecular weight excluding hydrogens is 352 g/mol. The molecule has 0 heterocycles. The van der Waals surface area contributed by atoms with E-state index in [-0.39, 0.29) is 4.90 Å². The van der Waals surface area contributed by atoms with Crippen molar-refractivity contribution in [3.05, 3.63) is 48.0 Å². The summed E-state index contributed by atoms with van der Waals surface area (Å²) in [4.78, 5) is 0.147. The van der Waals surface area contributed by atoms with E-state index in [0.717, 1.165) is 5.75 Å². The first-order valence-corrected chi connectivity index (χ1v) is 9.91. The summed E-state index contributed by atoms with van der Waals surface area (Å²) in [6.07, 6.45) is 0. The molecule has 2 rings (SSSR count). The van der Waals surface area contributed by atoms with Gasteiger partial charge in [-0.25, -0.2) is 12.7 Å². The summed E-state index contributed by atoms with van der Waals surface area (Å²) in [5, 5.41) is 3.18. The molecule has 0 aromatic heterocycles. The normalized spacial score (nSPS) is 11.4. The Kier molecular flexibility index (Phi) is 6.88. The number of ether oxygens (including phenoxy) is 2. The van der Waals surface area contributed by atoms with Crippen LogP contribution in [0.1, 0.15) is 12.5 Å². The van der Waals surface area contributed by atoms with Crippen LogP contribution in [-0.2, 0) is 10.0 Å². The number of rotatable bonds is 9. The van der Waals surface area contributed by atoms with Crippen LogP contribution in [-0.4, -0.2) is 46.6 Å². The number of sulfonamides is 1. The highest BCUT2D eigenvalue weighted by atomic mass is 32.2. The molecule has 2 aromatic carbocycles. The van der Waals surface area contributed by atoms with Gasteiger partial charge in [0.1, 0.15) is 23.0 Å². The summed E-state index contributed by atoms with van der Waals surface area (Å²) in [6, 6.07) is 12.9. The number of nitrogens with zero attached hydrogens (tertiary/aromatic N) is 1. The lowest BCUT2D eigenvalue weighted by atomic mass is 10.2. The Labute approximate surface area is 155 Å². The fourth-order valence-electron chi connectivity index (χ4n) is 2.29. The van der Waals surface area contributed by atoms with Gasteiger partial charge >= 0.3 is 0 Å². The van der Waals surface area contributed by atoms with Crippen molar-refractivity contribution in [1.82, 2.24) is 4.31 Å². The molecular formula is C19H26N2O4S. The van der Waals surface area contributed by atoms with Crippen molar-refractivity contribution in [1.29, 1.82) is 0 Å². The summed E-state index contributed by atoms with van der Waals surface area (Å²) in [6.45, 7) is 5.25. The summed E-state index contributed by atoms with van der Waals surface area (Å²) >= 11 is 0. The van der Waals surface area contributed by atoms with Crippen LogP contribution < -0.4 is 14.8 Å². The molecule has 2 aromatic rings. The average Bonchev–Trinajstić information content (AvgIpc) is 2.61. The molecule has 0 atom stereocenters. The van der Waals surface area contributed by atoms with Crippen LogP contribution in [0.15, 0.2) is 47.4 Å². The molecule has 0 radical (unpaired) electrons. The van der Waals surface area contributed by atoms with Crippen molar-refractivity contribution < 1.29 is 17.9 Å². The van der Waals surface area contributed by atoms with Gasteiger partial charge in [0, 0.05) is 26.3 Å². The highest BCUT2D eigenvalue weighted by molar-refractivity contribution is 7.89. The van der Waals surface area contributed by atoms with Crippen LogP contribution in [0, 0.1) is 6.92 Å². The van der Waals surface area contributed by atoms with Crippen LogP contribution in [0.4, 0.5) is 5.69 Å². The van der Waals surface area contributed by atoms with Crippen LogP contribution in [0.5, 0.6) is 11.5 Å². The van der Waals surface area contributed by atoms with Gasteiger partial charge in [-0.15, -0.1) is 0 Å². The SMILES string of the molecule is CCOc1ccc(NCCOc2ccc(C)cc2)cc1S(=O)(=O)N(C)C. The molecule has 0 aliphatic rings. The largest absolute Gasteiger partial charge is 0.492 e. The molecule has 0 saturated heterocycles. The van der Waals surface area contributed by atoms with Crippen LogP contribution in [0.3, 0.4) is 0 Å². The van der Waals surface area contributed by atoms with E-state index < -0.39 is 10.0 Å². The van der Waals surface area contributed by atoms with Gasteiger partial charge in [0.25, 0.3) is 0 Å². The van der Waals surface area contributed by atoms with Gasteiger partial charge < -0.3 is 14.8 Å². The quantitative estimate of drug-likeness (QED) is 0.679. The first-order chi connectivity index (χ1) is 12.3. The molecule has 0 unspecified atom stereocenters. The van der Waals surface area contributed by atoms with Crippen LogP contribution >= 0.6 is 0 Å². The number of aryl methyl sites for hydroxylation is 1. The molecule has 142 valence electrons. The van der Waals surface area contributed by atoms with Gasteiger partial charge in [-0.2, -0.15) is 0 Å². The second-order valence-corrected chi connectivity index (χ2v) is 8.09. The molecule has 0 spiro atoms. The topological polar surface area (TPSA) is 67.9 Å². The fourth-order valence-corrected chi connectivity index (χ4v) is 3.34. The lowest BCUT2D eigenvalue weighted by molar-refractivity contribution is 0.330. The number of anilines is 1. The van der Waals surface area contributed by atoms with Gasteiger partial charge in [-0.3, -0.25) is 0 Å². The Morgan fingerprint density at radius 2 is 1.73 bits per heavy atom. The van der Waals surface area contributed by atoms with Gasteiger partial charge in [0.2, 0.25) is 10.0 Å². The van der Waals surface area contributed by atoms with Crippen molar-refractivity contribution >= 4 is 15.7 Å². The third-order valence-electron chi connectivity index (χ3n) is 3.72. The first kappa shape index (κ1) is 20.1. The second kappa shape index (κ2) is 8.91. The fraction of sp³-hybridized carbons (Fsp3) is 0.368. The third kappa shape index (κ3) is 5.12. The van der Waals surface area contributed by atoms with Gasteiger partial charge in [-0.1, -0.05) is 17.7 Å². The smallest absolute Gasteiger partial charge is 0.246 e. The zero-order chi connectivity index (χ0) is 19.2. The molecule has 0 fully saturated rings. The summed E-state index contributed by atoms with van der Waals surface area (Å²) in [5.41, 5.74) is 1.88. The number of hydrogen-bond donors (Lipinski definition) is 1. The molecule has 0 amide bonds. The monoisotopic (exact) mass is 378 g/mol. The molecule has 7 heteroatoms. The minimum atomic E-state index is -3.59. The third-order valence-corrected chi connectivity index (χ3v) is 5.56. The maximum Gasteiger partial charge on any atom is 0.246 e. The first-order valence-electron chi connectivity index (χ1n) is 8.47. The van der Waals surface area contributed by atoms with Crippen molar-refractivity contribution in [2.75, 3.05) is 39.2 Å². The summed E-state index contributed by atoms with van der Waals surface area (Å²) in [5.74, 6) is 1.16. The van der Waals surface area contributed by atoms with Gasteiger partial charge in [0.05, 0.1) is 6.61 Å². The molecule has 26 heavy (non-hydrogen) atoms. The lowest BCUT2D eigenvalue weighted by Crippen LogP contribution is -2.23. The predicted molar refractivity (Wildman–Crippen MR) is 104 cm³/mol. The number of hydrogen-bond acceptors (Lipinski definition) is 5. The van der Waals surface area contributed by atoms with E-state index in [0.29, 0.717) is 31.2 Å². The van der Waals surface area contributed by atoms with E-state index in [9.17, 15) is 8.42 Å². The minimum absolute atomic E-state index is 0.147. The standard InChI is InChI=1S/C19H26N2O4S/c1-5-24-18-11-8-16(14-19(18)26(22,23)21(3)4)20-12-13-25-17-9-6-15(2)7-10-17/h6-11,14,20H,5,12-13H2,1-4H3. The number of benzene rings is 2. The predicted octanol–water partition coefficient (Wildman–Crippen LogP) is 3.13. The zero-order valence-electron chi connectivity index (χ0n) is 15.7. The van der Waals surface area contributed by atoms with Crippen LogP contribution in [0.2, 0.25) is 0 Å². The molecule has 0 saturated carbocycles. The zero-order valence-corrected chi connectivity index (χ0v) is 16.5. The van der Waals surface area contributed by atoms with E-state index in [1.807, 2.05) is 38.1 Å². The van der Waals surface area contributed by atoms with Gasteiger partial charge in [-0.05, 0) is 44.2 Å². The van der Waals surface area contributed by atoms with Crippen LogP contribution in [0.25, 0.3) is 0 Å². The van der Waals surface area contributed by atoms with Crippen molar-refractivity contribution in [2.24, 2.45) is 0 Å². The Bertz CT molecular complexity index is 818. The maximum absolute atomic E-state index is 12.5. The van der Waals surface area contributed by atoms with E-state index in [1.165, 1.54) is 24.0 Å². The summed E-state index contributed by atoms with van der Waals surface area (Å²) in [7, 11) is -0.592.